The highest BCUT2D eigenvalue weighted by Crippen LogP contribution is 2.28. The Bertz CT molecular complexity index is 642. The van der Waals surface area contributed by atoms with Crippen molar-refractivity contribution in [3.63, 3.8) is 0 Å². The lowest BCUT2D eigenvalue weighted by molar-refractivity contribution is 0.0725. The molecule has 4 nitrogen and oxygen atoms in total. The molecule has 1 N–H and O–H groups in total. The molecule has 1 aliphatic rings. The summed E-state index contributed by atoms with van der Waals surface area (Å²) in [5.74, 6) is -1.67. The van der Waals surface area contributed by atoms with Crippen LogP contribution < -0.4 is 0 Å². The summed E-state index contributed by atoms with van der Waals surface area (Å²) in [7, 11) is 0. The molecule has 6 heteroatoms. The van der Waals surface area contributed by atoms with Crippen molar-refractivity contribution in [2.24, 2.45) is 0 Å². The summed E-state index contributed by atoms with van der Waals surface area (Å²) in [6, 6.07) is 3.61. The second kappa shape index (κ2) is 5.63. The SMILES string of the molecule is O=C(c1cn[nH]c1-c1c(F)cccc1F)N1CCCCC1. The normalized spacial score (nSPS) is 15.2. The summed E-state index contributed by atoms with van der Waals surface area (Å²) >= 11 is 0. The van der Waals surface area contributed by atoms with Crippen molar-refractivity contribution in [2.75, 3.05) is 13.1 Å². The van der Waals surface area contributed by atoms with Gasteiger partial charge in [-0.2, -0.15) is 5.10 Å². The van der Waals surface area contributed by atoms with E-state index in [0.717, 1.165) is 31.4 Å². The van der Waals surface area contributed by atoms with Crippen LogP contribution in [0.4, 0.5) is 8.78 Å². The van der Waals surface area contributed by atoms with Crippen LogP contribution in [0, 0.1) is 11.6 Å². The van der Waals surface area contributed by atoms with Crippen LogP contribution >= 0.6 is 0 Å². The maximum Gasteiger partial charge on any atom is 0.257 e. The van der Waals surface area contributed by atoms with Gasteiger partial charge in [0.25, 0.3) is 5.91 Å². The van der Waals surface area contributed by atoms with Crippen LogP contribution in [0.1, 0.15) is 29.6 Å². The van der Waals surface area contributed by atoms with Crippen LogP contribution in [0.25, 0.3) is 11.3 Å². The molecule has 0 bridgehead atoms. The molecule has 1 aromatic carbocycles. The molecular weight excluding hydrogens is 276 g/mol. The van der Waals surface area contributed by atoms with Crippen LogP contribution in [0.15, 0.2) is 24.4 Å². The van der Waals surface area contributed by atoms with E-state index in [1.807, 2.05) is 0 Å². The molecule has 0 radical (unpaired) electrons. The predicted molar refractivity (Wildman–Crippen MR) is 73.7 cm³/mol. The zero-order valence-corrected chi connectivity index (χ0v) is 11.4. The summed E-state index contributed by atoms with van der Waals surface area (Å²) in [6.07, 6.45) is 4.34. The van der Waals surface area contributed by atoms with Crippen molar-refractivity contribution in [3.05, 3.63) is 41.6 Å². The van der Waals surface area contributed by atoms with Gasteiger partial charge in [-0.15, -0.1) is 0 Å². The molecular formula is C15H15F2N3O. The summed E-state index contributed by atoms with van der Waals surface area (Å²) in [4.78, 5) is 14.2. The number of carbonyl (C=O) groups excluding carboxylic acids is 1. The van der Waals surface area contributed by atoms with E-state index >= 15 is 0 Å². The molecule has 1 aromatic heterocycles. The van der Waals surface area contributed by atoms with Crippen molar-refractivity contribution >= 4 is 5.91 Å². The number of benzene rings is 1. The molecule has 3 rings (SSSR count). The summed E-state index contributed by atoms with van der Waals surface area (Å²) in [5.41, 5.74) is 0.0671. The number of hydrogen-bond donors (Lipinski definition) is 1. The van der Waals surface area contributed by atoms with Crippen molar-refractivity contribution in [1.82, 2.24) is 15.1 Å². The van der Waals surface area contributed by atoms with Crippen LogP contribution in [-0.2, 0) is 0 Å². The number of aromatic amines is 1. The van der Waals surface area contributed by atoms with E-state index < -0.39 is 11.6 Å². The van der Waals surface area contributed by atoms with Crippen molar-refractivity contribution in [2.45, 2.75) is 19.3 Å². The van der Waals surface area contributed by atoms with Gasteiger partial charge in [-0.3, -0.25) is 9.89 Å². The molecule has 1 saturated heterocycles. The molecule has 0 unspecified atom stereocenters. The van der Waals surface area contributed by atoms with Crippen molar-refractivity contribution in [1.29, 1.82) is 0 Å². The van der Waals surface area contributed by atoms with E-state index in [4.69, 9.17) is 0 Å². The van der Waals surface area contributed by atoms with Gasteiger partial charge in [0.1, 0.15) is 11.6 Å². The number of H-pyrrole nitrogens is 1. The predicted octanol–water partition coefficient (Wildman–Crippen LogP) is 2.98. The van der Waals surface area contributed by atoms with Crippen LogP contribution in [0.5, 0.6) is 0 Å². The number of carbonyl (C=O) groups is 1. The number of likely N-dealkylation sites (tertiary alicyclic amines) is 1. The minimum absolute atomic E-state index is 0.0983. The molecule has 2 aromatic rings. The van der Waals surface area contributed by atoms with E-state index in [-0.39, 0.29) is 22.7 Å². The van der Waals surface area contributed by atoms with E-state index in [0.29, 0.717) is 13.1 Å². The first kappa shape index (κ1) is 13.7. The number of hydrogen-bond acceptors (Lipinski definition) is 2. The van der Waals surface area contributed by atoms with Gasteiger partial charge in [0.05, 0.1) is 23.0 Å². The summed E-state index contributed by atoms with van der Waals surface area (Å²) in [6.45, 7) is 1.34. The second-order valence-corrected chi connectivity index (χ2v) is 5.11. The number of aromatic nitrogens is 2. The Morgan fingerprint density at radius 1 is 1.14 bits per heavy atom. The van der Waals surface area contributed by atoms with E-state index in [9.17, 15) is 13.6 Å². The molecule has 0 spiro atoms. The summed E-state index contributed by atoms with van der Waals surface area (Å²) in [5, 5.41) is 6.34. The van der Waals surface area contributed by atoms with E-state index in [2.05, 4.69) is 10.2 Å². The van der Waals surface area contributed by atoms with Gasteiger partial charge in [-0.05, 0) is 31.4 Å². The molecule has 110 valence electrons. The van der Waals surface area contributed by atoms with Gasteiger partial charge < -0.3 is 4.90 Å². The Balaban J connectivity index is 1.99. The first-order valence-corrected chi connectivity index (χ1v) is 6.95. The highest BCUT2D eigenvalue weighted by atomic mass is 19.1. The highest BCUT2D eigenvalue weighted by Gasteiger charge is 2.25. The van der Waals surface area contributed by atoms with Gasteiger partial charge in [0, 0.05) is 13.1 Å². The lowest BCUT2D eigenvalue weighted by Gasteiger charge is -2.26. The van der Waals surface area contributed by atoms with Crippen molar-refractivity contribution in [3.8, 4) is 11.3 Å². The topological polar surface area (TPSA) is 49.0 Å². The van der Waals surface area contributed by atoms with Crippen molar-refractivity contribution < 1.29 is 13.6 Å². The fraction of sp³-hybridized carbons (Fsp3) is 0.333. The molecule has 0 saturated carbocycles. The van der Waals surface area contributed by atoms with Gasteiger partial charge in [-0.1, -0.05) is 6.07 Å². The monoisotopic (exact) mass is 291 g/mol. The number of nitrogens with one attached hydrogen (secondary N) is 1. The maximum atomic E-state index is 13.9. The maximum absolute atomic E-state index is 13.9. The van der Waals surface area contributed by atoms with Gasteiger partial charge in [0.2, 0.25) is 0 Å². The molecule has 0 aliphatic carbocycles. The molecule has 21 heavy (non-hydrogen) atoms. The van der Waals surface area contributed by atoms with Crippen LogP contribution in [0.2, 0.25) is 0 Å². The first-order chi connectivity index (χ1) is 10.2. The van der Waals surface area contributed by atoms with Crippen LogP contribution in [0.3, 0.4) is 0 Å². The number of rotatable bonds is 2. The summed E-state index contributed by atoms with van der Waals surface area (Å²) < 4.78 is 27.8. The van der Waals surface area contributed by atoms with Gasteiger partial charge >= 0.3 is 0 Å². The van der Waals surface area contributed by atoms with Crippen LogP contribution in [-0.4, -0.2) is 34.1 Å². The quantitative estimate of drug-likeness (QED) is 0.924. The third-order valence-electron chi connectivity index (χ3n) is 3.73. The molecule has 1 aliphatic heterocycles. The van der Waals surface area contributed by atoms with Gasteiger partial charge in [0.15, 0.2) is 0 Å². The Kier molecular flexibility index (Phi) is 3.68. The number of amides is 1. The Morgan fingerprint density at radius 3 is 2.48 bits per heavy atom. The third kappa shape index (κ3) is 2.53. The fourth-order valence-electron chi connectivity index (χ4n) is 2.64. The molecule has 0 atom stereocenters. The largest absolute Gasteiger partial charge is 0.339 e. The first-order valence-electron chi connectivity index (χ1n) is 6.95. The van der Waals surface area contributed by atoms with E-state index in [1.54, 1.807) is 4.90 Å². The number of halogens is 2. The Hall–Kier alpha value is -2.24. The number of piperidine rings is 1. The lowest BCUT2D eigenvalue weighted by Crippen LogP contribution is -2.35. The Labute approximate surface area is 120 Å². The minimum Gasteiger partial charge on any atom is -0.339 e. The Morgan fingerprint density at radius 2 is 1.81 bits per heavy atom. The lowest BCUT2D eigenvalue weighted by atomic mass is 10.0. The smallest absolute Gasteiger partial charge is 0.257 e. The highest BCUT2D eigenvalue weighted by molar-refractivity contribution is 5.99. The molecule has 1 amide bonds. The third-order valence-corrected chi connectivity index (χ3v) is 3.73. The number of nitrogens with zero attached hydrogens (tertiary/aromatic N) is 2. The molecule has 1 fully saturated rings. The average Bonchev–Trinajstić information content (AvgIpc) is 2.96. The zero-order valence-electron chi connectivity index (χ0n) is 11.4. The fourth-order valence-corrected chi connectivity index (χ4v) is 2.64. The second-order valence-electron chi connectivity index (χ2n) is 5.11. The van der Waals surface area contributed by atoms with Gasteiger partial charge in [-0.25, -0.2) is 8.78 Å². The average molecular weight is 291 g/mol. The van der Waals surface area contributed by atoms with E-state index in [1.165, 1.54) is 12.3 Å². The molecule has 2 heterocycles. The zero-order chi connectivity index (χ0) is 14.8. The minimum atomic E-state index is -0.716. The standard InChI is InChI=1S/C15H15F2N3O/c16-11-5-4-6-12(17)13(11)14-10(9-18-19-14)15(21)20-7-2-1-3-8-20/h4-6,9H,1-3,7-8H2,(H,18,19).